The third-order valence-electron chi connectivity index (χ3n) is 3.72. The first kappa shape index (κ1) is 15.5. The van der Waals surface area contributed by atoms with E-state index in [4.69, 9.17) is 4.52 Å². The predicted octanol–water partition coefficient (Wildman–Crippen LogP) is 1.61. The second-order valence-electron chi connectivity index (χ2n) is 5.50. The second-order valence-corrected chi connectivity index (χ2v) is 7.33. The first-order valence-electron chi connectivity index (χ1n) is 6.97. The molecule has 0 spiro atoms. The maximum atomic E-state index is 12.8. The van der Waals surface area contributed by atoms with Gasteiger partial charge in [0.05, 0.1) is 6.10 Å². The zero-order valence-corrected chi connectivity index (χ0v) is 13.0. The highest BCUT2D eigenvalue weighted by atomic mass is 32.2. The number of aromatic nitrogens is 1. The standard InChI is InChI=1S/C13H22N2O4S/c1-9(16)8-12-6-4-5-7-15(12)20(17,18)13-10(2)14-19-11(13)3/h9,12,16H,4-8H2,1-3H3. The molecule has 1 aliphatic rings. The zero-order valence-electron chi connectivity index (χ0n) is 12.2. The summed E-state index contributed by atoms with van der Waals surface area (Å²) < 4.78 is 32.1. The van der Waals surface area contributed by atoms with Crippen molar-refractivity contribution in [3.05, 3.63) is 11.5 Å². The quantitative estimate of drug-likeness (QED) is 0.913. The minimum atomic E-state index is -3.61. The van der Waals surface area contributed by atoms with Gasteiger partial charge in [0, 0.05) is 12.6 Å². The van der Waals surface area contributed by atoms with Crippen LogP contribution in [0.2, 0.25) is 0 Å². The minimum Gasteiger partial charge on any atom is -0.393 e. The molecule has 0 saturated carbocycles. The fraction of sp³-hybridized carbons (Fsp3) is 0.769. The molecule has 2 unspecified atom stereocenters. The molecule has 0 amide bonds. The second kappa shape index (κ2) is 5.83. The molecule has 20 heavy (non-hydrogen) atoms. The Hall–Kier alpha value is -0.920. The number of piperidine rings is 1. The van der Waals surface area contributed by atoms with Crippen LogP contribution in [-0.2, 0) is 10.0 Å². The summed E-state index contributed by atoms with van der Waals surface area (Å²) >= 11 is 0. The summed E-state index contributed by atoms with van der Waals surface area (Å²) in [6.07, 6.45) is 2.57. The van der Waals surface area contributed by atoms with Crippen LogP contribution >= 0.6 is 0 Å². The Labute approximate surface area is 119 Å². The van der Waals surface area contributed by atoms with E-state index in [0.29, 0.717) is 24.4 Å². The molecule has 1 aliphatic heterocycles. The van der Waals surface area contributed by atoms with Gasteiger partial charge in [0.2, 0.25) is 10.0 Å². The summed E-state index contributed by atoms with van der Waals surface area (Å²) in [7, 11) is -3.61. The number of hydrogen-bond donors (Lipinski definition) is 1. The molecule has 0 aromatic carbocycles. The molecule has 7 heteroatoms. The van der Waals surface area contributed by atoms with Gasteiger partial charge in [-0.25, -0.2) is 8.42 Å². The fourth-order valence-electron chi connectivity index (χ4n) is 2.88. The number of nitrogens with zero attached hydrogens (tertiary/aromatic N) is 2. The topological polar surface area (TPSA) is 83.6 Å². The van der Waals surface area contributed by atoms with Gasteiger partial charge in [-0.2, -0.15) is 4.31 Å². The van der Waals surface area contributed by atoms with Crippen LogP contribution in [0.25, 0.3) is 0 Å². The Balaban J connectivity index is 2.36. The summed E-state index contributed by atoms with van der Waals surface area (Å²) in [5, 5.41) is 13.3. The first-order valence-corrected chi connectivity index (χ1v) is 8.41. The lowest BCUT2D eigenvalue weighted by Gasteiger charge is -2.35. The molecule has 0 radical (unpaired) electrons. The Morgan fingerprint density at radius 2 is 2.15 bits per heavy atom. The molecule has 0 aliphatic carbocycles. The predicted molar refractivity (Wildman–Crippen MR) is 73.8 cm³/mol. The Bertz CT molecular complexity index is 545. The van der Waals surface area contributed by atoms with E-state index in [2.05, 4.69) is 5.16 Å². The van der Waals surface area contributed by atoms with Crippen molar-refractivity contribution in [3.8, 4) is 0 Å². The zero-order chi connectivity index (χ0) is 14.9. The molecular formula is C13H22N2O4S. The molecule has 2 rings (SSSR count). The summed E-state index contributed by atoms with van der Waals surface area (Å²) in [4.78, 5) is 0.176. The SMILES string of the molecule is Cc1noc(C)c1S(=O)(=O)N1CCCCC1CC(C)O. The highest BCUT2D eigenvalue weighted by Gasteiger charge is 2.37. The normalized spacial score (nSPS) is 22.9. The van der Waals surface area contributed by atoms with Gasteiger partial charge >= 0.3 is 0 Å². The molecule has 1 fully saturated rings. The van der Waals surface area contributed by atoms with Crippen molar-refractivity contribution in [1.29, 1.82) is 0 Å². The lowest BCUT2D eigenvalue weighted by molar-refractivity contribution is 0.131. The Kier molecular flexibility index (Phi) is 4.51. The van der Waals surface area contributed by atoms with Gasteiger partial charge in [-0.15, -0.1) is 0 Å². The van der Waals surface area contributed by atoms with E-state index in [1.807, 2.05) is 0 Å². The van der Waals surface area contributed by atoms with Crippen molar-refractivity contribution < 1.29 is 18.0 Å². The largest absolute Gasteiger partial charge is 0.393 e. The monoisotopic (exact) mass is 302 g/mol. The summed E-state index contributed by atoms with van der Waals surface area (Å²) in [6.45, 7) is 5.43. The molecule has 0 bridgehead atoms. The van der Waals surface area contributed by atoms with E-state index in [-0.39, 0.29) is 10.9 Å². The molecular weight excluding hydrogens is 280 g/mol. The minimum absolute atomic E-state index is 0.151. The third kappa shape index (κ3) is 2.89. The Morgan fingerprint density at radius 1 is 1.45 bits per heavy atom. The van der Waals surface area contributed by atoms with E-state index in [0.717, 1.165) is 19.3 Å². The van der Waals surface area contributed by atoms with E-state index in [9.17, 15) is 13.5 Å². The van der Waals surface area contributed by atoms with Crippen molar-refractivity contribution in [2.45, 2.75) is 63.5 Å². The lowest BCUT2D eigenvalue weighted by Crippen LogP contribution is -2.45. The number of aryl methyl sites for hydroxylation is 2. The van der Waals surface area contributed by atoms with Gasteiger partial charge in [0.25, 0.3) is 0 Å². The van der Waals surface area contributed by atoms with Crippen molar-refractivity contribution in [2.24, 2.45) is 0 Å². The number of aliphatic hydroxyl groups excluding tert-OH is 1. The van der Waals surface area contributed by atoms with Crippen LogP contribution in [0.1, 0.15) is 44.1 Å². The summed E-state index contributed by atoms with van der Waals surface area (Å²) in [5.74, 6) is 0.323. The Morgan fingerprint density at radius 3 is 2.70 bits per heavy atom. The van der Waals surface area contributed by atoms with Crippen LogP contribution in [0.15, 0.2) is 9.42 Å². The highest BCUT2D eigenvalue weighted by molar-refractivity contribution is 7.89. The molecule has 1 N–H and O–H groups in total. The average Bonchev–Trinajstić information content (AvgIpc) is 2.69. The number of aliphatic hydroxyl groups is 1. The molecule has 2 heterocycles. The average molecular weight is 302 g/mol. The van der Waals surface area contributed by atoms with Crippen LogP contribution in [0.3, 0.4) is 0 Å². The molecule has 114 valence electrons. The number of sulfonamides is 1. The van der Waals surface area contributed by atoms with E-state index in [1.165, 1.54) is 4.31 Å². The van der Waals surface area contributed by atoms with Gasteiger partial charge < -0.3 is 9.63 Å². The molecule has 1 aromatic heterocycles. The van der Waals surface area contributed by atoms with Crippen molar-refractivity contribution in [3.63, 3.8) is 0 Å². The highest BCUT2D eigenvalue weighted by Crippen LogP contribution is 2.30. The molecule has 1 saturated heterocycles. The van der Waals surface area contributed by atoms with E-state index in [1.54, 1.807) is 20.8 Å². The lowest BCUT2D eigenvalue weighted by atomic mass is 10.00. The summed E-state index contributed by atoms with van der Waals surface area (Å²) in [5.41, 5.74) is 0.392. The van der Waals surface area contributed by atoms with Crippen LogP contribution in [0.4, 0.5) is 0 Å². The van der Waals surface area contributed by atoms with Gasteiger partial charge in [-0.3, -0.25) is 0 Å². The molecule has 2 atom stereocenters. The first-order chi connectivity index (χ1) is 9.34. The van der Waals surface area contributed by atoms with E-state index >= 15 is 0 Å². The summed E-state index contributed by atoms with van der Waals surface area (Å²) in [6, 6.07) is -0.151. The van der Waals surface area contributed by atoms with Crippen LogP contribution in [0.5, 0.6) is 0 Å². The van der Waals surface area contributed by atoms with Gasteiger partial charge in [0.1, 0.15) is 10.6 Å². The van der Waals surface area contributed by atoms with Crippen molar-refractivity contribution in [2.75, 3.05) is 6.54 Å². The van der Waals surface area contributed by atoms with Crippen LogP contribution in [-0.4, -0.2) is 41.7 Å². The molecule has 1 aromatic rings. The number of rotatable bonds is 4. The maximum absolute atomic E-state index is 12.8. The van der Waals surface area contributed by atoms with Crippen molar-refractivity contribution in [1.82, 2.24) is 9.46 Å². The smallest absolute Gasteiger partial charge is 0.248 e. The van der Waals surface area contributed by atoms with Gasteiger partial charge in [-0.1, -0.05) is 11.6 Å². The van der Waals surface area contributed by atoms with Crippen LogP contribution < -0.4 is 0 Å². The fourth-order valence-corrected chi connectivity index (χ4v) is 4.88. The molecule has 6 nitrogen and oxygen atoms in total. The van der Waals surface area contributed by atoms with Gasteiger partial charge in [-0.05, 0) is 40.0 Å². The third-order valence-corrected chi connectivity index (χ3v) is 5.92. The van der Waals surface area contributed by atoms with Gasteiger partial charge in [0.15, 0.2) is 5.76 Å². The van der Waals surface area contributed by atoms with E-state index < -0.39 is 16.1 Å². The van der Waals surface area contributed by atoms with Crippen LogP contribution in [0, 0.1) is 13.8 Å². The van der Waals surface area contributed by atoms with Crippen molar-refractivity contribution >= 4 is 10.0 Å². The maximum Gasteiger partial charge on any atom is 0.248 e. The number of hydrogen-bond acceptors (Lipinski definition) is 5.